The van der Waals surface area contributed by atoms with E-state index < -0.39 is 0 Å². The first-order chi connectivity index (χ1) is 9.47. The summed E-state index contributed by atoms with van der Waals surface area (Å²) in [5, 5.41) is 2.96. The monoisotopic (exact) mass is 332 g/mol. The molecule has 0 heterocycles. The Morgan fingerprint density at radius 1 is 1.20 bits per heavy atom. The smallest absolute Gasteiger partial charge is 0.253 e. The van der Waals surface area contributed by atoms with Crippen LogP contribution in [-0.2, 0) is 0 Å². The first-order valence-electron chi connectivity index (χ1n) is 6.40. The fraction of sp³-hybridized carbons (Fsp3) is 0.188. The van der Waals surface area contributed by atoms with Gasteiger partial charge in [0.15, 0.2) is 0 Å². The molecule has 4 heteroatoms. The maximum Gasteiger partial charge on any atom is 0.253 e. The van der Waals surface area contributed by atoms with Crippen LogP contribution in [-0.4, -0.2) is 5.91 Å². The quantitative estimate of drug-likeness (QED) is 0.839. The molecule has 0 spiro atoms. The average molecular weight is 333 g/mol. The molecule has 3 N–H and O–H groups in total. The van der Waals surface area contributed by atoms with Crippen LogP contribution in [0.2, 0.25) is 0 Å². The van der Waals surface area contributed by atoms with Crippen LogP contribution in [0.1, 0.15) is 34.5 Å². The van der Waals surface area contributed by atoms with Crippen LogP contribution in [0.5, 0.6) is 0 Å². The summed E-state index contributed by atoms with van der Waals surface area (Å²) in [7, 11) is 0. The summed E-state index contributed by atoms with van der Waals surface area (Å²) in [5.74, 6) is -0.164. The Labute approximate surface area is 127 Å². The summed E-state index contributed by atoms with van der Waals surface area (Å²) >= 11 is 3.33. The Kier molecular flexibility index (Phi) is 4.45. The molecule has 0 aliphatic carbocycles. The number of carbonyl (C=O) groups excluding carboxylic acids is 1. The van der Waals surface area contributed by atoms with Gasteiger partial charge < -0.3 is 11.1 Å². The van der Waals surface area contributed by atoms with Gasteiger partial charge in [-0.2, -0.15) is 0 Å². The van der Waals surface area contributed by atoms with Gasteiger partial charge in [0.05, 0.1) is 11.6 Å². The summed E-state index contributed by atoms with van der Waals surface area (Å²) in [6.45, 7) is 3.99. The van der Waals surface area contributed by atoms with Crippen molar-refractivity contribution < 1.29 is 4.79 Å². The Bertz CT molecular complexity index is 623. The van der Waals surface area contributed by atoms with E-state index in [9.17, 15) is 4.79 Å². The van der Waals surface area contributed by atoms with E-state index in [0.29, 0.717) is 11.3 Å². The largest absolute Gasteiger partial charge is 0.398 e. The molecule has 0 saturated heterocycles. The van der Waals surface area contributed by atoms with Gasteiger partial charge in [-0.1, -0.05) is 45.8 Å². The molecule has 20 heavy (non-hydrogen) atoms. The zero-order valence-corrected chi connectivity index (χ0v) is 13.1. The Hall–Kier alpha value is -1.81. The molecule has 1 atom stereocenters. The maximum absolute atomic E-state index is 12.2. The van der Waals surface area contributed by atoms with Gasteiger partial charge >= 0.3 is 0 Å². The van der Waals surface area contributed by atoms with Crippen LogP contribution in [0, 0.1) is 6.92 Å². The van der Waals surface area contributed by atoms with Crippen molar-refractivity contribution in [2.24, 2.45) is 0 Å². The van der Waals surface area contributed by atoms with Crippen molar-refractivity contribution in [3.05, 3.63) is 63.6 Å². The number of nitrogens with one attached hydrogen (secondary N) is 1. The van der Waals surface area contributed by atoms with Gasteiger partial charge in [-0.3, -0.25) is 4.79 Å². The van der Waals surface area contributed by atoms with E-state index in [4.69, 9.17) is 5.73 Å². The second-order valence-corrected chi connectivity index (χ2v) is 5.75. The van der Waals surface area contributed by atoms with Crippen molar-refractivity contribution in [1.29, 1.82) is 0 Å². The van der Waals surface area contributed by atoms with Gasteiger partial charge in [0.2, 0.25) is 0 Å². The lowest BCUT2D eigenvalue weighted by atomic mass is 10.1. The number of amides is 1. The number of halogens is 1. The molecular formula is C16H17BrN2O. The fourth-order valence-electron chi connectivity index (χ4n) is 1.95. The predicted octanol–water partition coefficient (Wildman–Crippen LogP) is 3.83. The third kappa shape index (κ3) is 3.39. The first kappa shape index (κ1) is 14.6. The molecule has 0 aromatic heterocycles. The highest BCUT2D eigenvalue weighted by molar-refractivity contribution is 9.10. The predicted molar refractivity (Wildman–Crippen MR) is 85.6 cm³/mol. The van der Waals surface area contributed by atoms with Crippen molar-refractivity contribution >= 4 is 27.5 Å². The minimum atomic E-state index is -0.164. The van der Waals surface area contributed by atoms with Gasteiger partial charge in [-0.05, 0) is 37.6 Å². The maximum atomic E-state index is 12.2. The summed E-state index contributed by atoms with van der Waals surface area (Å²) in [6, 6.07) is 13.3. The second-order valence-electron chi connectivity index (χ2n) is 4.84. The molecule has 2 aromatic rings. The normalized spacial score (nSPS) is 11.9. The minimum absolute atomic E-state index is 0.0638. The molecule has 0 aliphatic rings. The summed E-state index contributed by atoms with van der Waals surface area (Å²) in [5.41, 5.74) is 9.09. The highest BCUT2D eigenvalue weighted by Gasteiger charge is 2.13. The molecule has 1 amide bonds. The summed E-state index contributed by atoms with van der Waals surface area (Å²) in [6.07, 6.45) is 0. The third-order valence-electron chi connectivity index (χ3n) is 3.18. The van der Waals surface area contributed by atoms with E-state index in [1.54, 1.807) is 12.1 Å². The number of hydrogen-bond acceptors (Lipinski definition) is 2. The second kappa shape index (κ2) is 6.09. The van der Waals surface area contributed by atoms with Crippen molar-refractivity contribution in [2.45, 2.75) is 19.9 Å². The van der Waals surface area contributed by atoms with E-state index in [0.717, 1.165) is 10.0 Å². The van der Waals surface area contributed by atoms with Crippen molar-refractivity contribution in [2.75, 3.05) is 5.73 Å². The number of aryl methyl sites for hydroxylation is 1. The van der Waals surface area contributed by atoms with Gasteiger partial charge in [0, 0.05) is 10.2 Å². The lowest BCUT2D eigenvalue weighted by Crippen LogP contribution is -2.27. The number of anilines is 1. The van der Waals surface area contributed by atoms with Crippen LogP contribution < -0.4 is 11.1 Å². The minimum Gasteiger partial charge on any atom is -0.398 e. The standard InChI is InChI=1S/C16H17BrN2O/c1-10-3-5-12(6-4-10)11(2)19-16(20)14-8-7-13(17)9-15(14)18/h3-9,11H,18H2,1-2H3,(H,19,20). The van der Waals surface area contributed by atoms with Gasteiger partial charge in [0.25, 0.3) is 5.91 Å². The molecule has 1 unspecified atom stereocenters. The lowest BCUT2D eigenvalue weighted by Gasteiger charge is -2.15. The fourth-order valence-corrected chi connectivity index (χ4v) is 2.33. The number of nitrogen functional groups attached to an aromatic ring is 1. The zero-order chi connectivity index (χ0) is 14.7. The van der Waals surface area contributed by atoms with Crippen molar-refractivity contribution in [3.8, 4) is 0 Å². The van der Waals surface area contributed by atoms with Gasteiger partial charge in [-0.15, -0.1) is 0 Å². The highest BCUT2D eigenvalue weighted by atomic mass is 79.9. The van der Waals surface area contributed by atoms with E-state index in [-0.39, 0.29) is 11.9 Å². The van der Waals surface area contributed by atoms with E-state index >= 15 is 0 Å². The topological polar surface area (TPSA) is 55.1 Å². The molecule has 0 saturated carbocycles. The number of carbonyl (C=O) groups is 1. The first-order valence-corrected chi connectivity index (χ1v) is 7.19. The Morgan fingerprint density at radius 3 is 2.45 bits per heavy atom. The van der Waals surface area contributed by atoms with Crippen LogP contribution in [0.3, 0.4) is 0 Å². The van der Waals surface area contributed by atoms with E-state index in [1.807, 2.05) is 44.2 Å². The highest BCUT2D eigenvalue weighted by Crippen LogP contribution is 2.20. The molecule has 0 radical (unpaired) electrons. The van der Waals surface area contributed by atoms with Crippen molar-refractivity contribution in [3.63, 3.8) is 0 Å². The molecule has 0 aliphatic heterocycles. The van der Waals surface area contributed by atoms with Crippen LogP contribution in [0.15, 0.2) is 46.9 Å². The van der Waals surface area contributed by atoms with Crippen molar-refractivity contribution in [1.82, 2.24) is 5.32 Å². The average Bonchev–Trinajstić information content (AvgIpc) is 2.39. The molecular weight excluding hydrogens is 316 g/mol. The zero-order valence-electron chi connectivity index (χ0n) is 11.5. The molecule has 2 rings (SSSR count). The third-order valence-corrected chi connectivity index (χ3v) is 3.68. The molecule has 2 aromatic carbocycles. The molecule has 104 valence electrons. The van der Waals surface area contributed by atoms with Crippen LogP contribution in [0.25, 0.3) is 0 Å². The molecule has 0 fully saturated rings. The SMILES string of the molecule is Cc1ccc(C(C)NC(=O)c2ccc(Br)cc2N)cc1. The Balaban J connectivity index is 2.13. The van der Waals surface area contributed by atoms with E-state index in [2.05, 4.69) is 21.2 Å². The number of nitrogens with two attached hydrogens (primary N) is 1. The van der Waals surface area contributed by atoms with E-state index in [1.165, 1.54) is 5.56 Å². The number of rotatable bonds is 3. The molecule has 3 nitrogen and oxygen atoms in total. The van der Waals surface area contributed by atoms with Gasteiger partial charge in [0.1, 0.15) is 0 Å². The summed E-state index contributed by atoms with van der Waals surface area (Å²) < 4.78 is 0.859. The lowest BCUT2D eigenvalue weighted by molar-refractivity contribution is 0.0941. The molecule has 0 bridgehead atoms. The Morgan fingerprint density at radius 2 is 1.85 bits per heavy atom. The van der Waals surface area contributed by atoms with Crippen LogP contribution >= 0.6 is 15.9 Å². The van der Waals surface area contributed by atoms with Gasteiger partial charge in [-0.25, -0.2) is 0 Å². The number of benzene rings is 2. The summed E-state index contributed by atoms with van der Waals surface area (Å²) in [4.78, 5) is 12.2. The van der Waals surface area contributed by atoms with Crippen LogP contribution in [0.4, 0.5) is 5.69 Å². The number of hydrogen-bond donors (Lipinski definition) is 2.